The van der Waals surface area contributed by atoms with Crippen molar-refractivity contribution < 1.29 is 26.3 Å². The Balaban J connectivity index is 2.15. The van der Waals surface area contributed by atoms with E-state index < -0.39 is 30.5 Å². The molecule has 0 atom stereocenters. The molecule has 0 heterocycles. The van der Waals surface area contributed by atoms with Crippen molar-refractivity contribution in [2.45, 2.75) is 12.4 Å². The second-order valence-electron chi connectivity index (χ2n) is 7.51. The Labute approximate surface area is 192 Å². The van der Waals surface area contributed by atoms with E-state index in [-0.39, 0.29) is 11.8 Å². The van der Waals surface area contributed by atoms with E-state index in [9.17, 15) is 26.3 Å². The van der Waals surface area contributed by atoms with E-state index in [0.29, 0.717) is 28.0 Å². The van der Waals surface area contributed by atoms with Crippen LogP contribution < -0.4 is 15.9 Å². The third-order valence-electron chi connectivity index (χ3n) is 5.23. The number of nitrogens with zero attached hydrogens (tertiary/aromatic N) is 1. The van der Waals surface area contributed by atoms with Gasteiger partial charge in [-0.15, -0.1) is 0 Å². The molecule has 0 saturated heterocycles. The maximum atomic E-state index is 13.5. The molecule has 0 N–H and O–H groups in total. The Morgan fingerprint density at radius 1 is 0.471 bits per heavy atom. The summed E-state index contributed by atoms with van der Waals surface area (Å²) in [6.07, 6.45) is -9.92. The molecule has 174 valence electrons. The average molecular weight is 489 g/mol. The van der Waals surface area contributed by atoms with E-state index in [1.165, 1.54) is 0 Å². The molecular weight excluding hydrogens is 471 g/mol. The fourth-order valence-electron chi connectivity index (χ4n) is 3.72. The predicted octanol–water partition coefficient (Wildman–Crippen LogP) is 7.53. The van der Waals surface area contributed by atoms with Crippen LogP contribution >= 0.6 is 7.05 Å². The van der Waals surface area contributed by atoms with Crippen LogP contribution in [0.3, 0.4) is 0 Å². The van der Waals surface area contributed by atoms with Crippen LogP contribution in [-0.2, 0) is 12.4 Å². The van der Waals surface area contributed by atoms with Gasteiger partial charge in [0.15, 0.2) is 0 Å². The zero-order valence-electron chi connectivity index (χ0n) is 17.6. The molecule has 0 radical (unpaired) electrons. The fourth-order valence-corrected chi connectivity index (χ4v) is 7.23. The molecule has 0 fully saturated rings. The third kappa shape index (κ3) is 4.80. The molecule has 8 heteroatoms. The van der Waals surface area contributed by atoms with Crippen LogP contribution in [0.5, 0.6) is 0 Å². The second kappa shape index (κ2) is 9.15. The first kappa shape index (κ1) is 23.8. The van der Waals surface area contributed by atoms with E-state index in [1.807, 2.05) is 0 Å². The van der Waals surface area contributed by atoms with Gasteiger partial charge >= 0.3 is 12.4 Å². The Hall–Kier alpha value is -3.31. The Bertz CT molecular complexity index is 1180. The number of rotatable bonds is 4. The summed E-state index contributed by atoms with van der Waals surface area (Å²) in [6.45, 7) is 0. The first-order valence-corrected chi connectivity index (χ1v) is 11.9. The average Bonchev–Trinajstić information content (AvgIpc) is 2.83. The van der Waals surface area contributed by atoms with Crippen molar-refractivity contribution in [2.24, 2.45) is 4.74 Å². The van der Waals surface area contributed by atoms with Gasteiger partial charge in [-0.1, -0.05) is 91.0 Å². The van der Waals surface area contributed by atoms with Crippen molar-refractivity contribution in [3.05, 3.63) is 120 Å². The van der Waals surface area contributed by atoms with E-state index in [0.717, 1.165) is 0 Å². The first-order chi connectivity index (χ1) is 16.1. The van der Waals surface area contributed by atoms with Crippen LogP contribution in [0.2, 0.25) is 0 Å². The largest absolute Gasteiger partial charge is 0.416 e. The summed E-state index contributed by atoms with van der Waals surface area (Å²) in [5.74, 6) is 0. The van der Waals surface area contributed by atoms with Gasteiger partial charge in [-0.3, -0.25) is 4.74 Å². The maximum absolute atomic E-state index is 13.5. The minimum Gasteiger partial charge on any atom is -0.254 e. The lowest BCUT2D eigenvalue weighted by atomic mass is 10.1. The molecule has 4 aromatic rings. The molecule has 0 aliphatic carbocycles. The summed E-state index contributed by atoms with van der Waals surface area (Å²) in [5.41, 5.74) is -3.17. The monoisotopic (exact) mass is 489 g/mol. The van der Waals surface area contributed by atoms with Crippen molar-refractivity contribution in [1.82, 2.24) is 0 Å². The van der Waals surface area contributed by atoms with Gasteiger partial charge in [-0.05, 0) is 18.2 Å². The van der Waals surface area contributed by atoms with Gasteiger partial charge in [-0.25, -0.2) is 0 Å². The highest BCUT2D eigenvalue weighted by Gasteiger charge is 2.37. The summed E-state index contributed by atoms with van der Waals surface area (Å²) in [6, 6.07) is 28.3. The minimum absolute atomic E-state index is 0.118. The molecule has 0 amide bonds. The molecule has 0 aromatic heterocycles. The fraction of sp³-hybridized carbons (Fsp3) is 0.0769. The molecule has 1 nitrogen and oxygen atoms in total. The smallest absolute Gasteiger partial charge is 0.254 e. The van der Waals surface area contributed by atoms with Gasteiger partial charge in [0.25, 0.3) is 0 Å². The molecule has 0 spiro atoms. The topological polar surface area (TPSA) is 12.4 Å². The molecule has 4 aromatic carbocycles. The summed E-state index contributed by atoms with van der Waals surface area (Å²) in [4.78, 5) is 0. The second-order valence-corrected chi connectivity index (χ2v) is 10.5. The zero-order chi connectivity index (χ0) is 24.4. The van der Waals surface area contributed by atoms with Gasteiger partial charge in [0.05, 0.1) is 23.9 Å². The molecular formula is C26H18F6NP. The SMILES string of the molecule is FC(F)(F)c1cc(N=P(c2ccccc2)(c2ccccc2)c2ccccc2)cc(C(F)(F)F)c1. The zero-order valence-corrected chi connectivity index (χ0v) is 18.4. The van der Waals surface area contributed by atoms with Gasteiger partial charge < -0.3 is 0 Å². The van der Waals surface area contributed by atoms with Crippen molar-refractivity contribution in [1.29, 1.82) is 0 Å². The predicted molar refractivity (Wildman–Crippen MR) is 124 cm³/mol. The standard InChI is InChI=1S/C26H18F6NP/c27-25(28,29)19-16-20(26(30,31)32)18-21(17-19)33-34(22-10-4-1-5-11-22,23-12-6-2-7-13-23)24-14-8-3-9-15-24/h1-18H. The molecule has 0 aliphatic heterocycles. The Morgan fingerprint density at radius 3 is 1.09 bits per heavy atom. The lowest BCUT2D eigenvalue weighted by Crippen LogP contribution is -2.25. The number of alkyl halides is 6. The van der Waals surface area contributed by atoms with Crippen LogP contribution in [0.25, 0.3) is 0 Å². The summed E-state index contributed by atoms with van der Waals surface area (Å²) < 4.78 is 86.0. The molecule has 0 unspecified atom stereocenters. The summed E-state index contributed by atoms with van der Waals surface area (Å²) >= 11 is 0. The van der Waals surface area contributed by atoms with Crippen LogP contribution in [0.15, 0.2) is 114 Å². The van der Waals surface area contributed by atoms with Crippen LogP contribution in [0.4, 0.5) is 32.0 Å². The van der Waals surface area contributed by atoms with E-state index in [4.69, 9.17) is 4.74 Å². The van der Waals surface area contributed by atoms with Crippen molar-refractivity contribution in [3.8, 4) is 0 Å². The first-order valence-electron chi connectivity index (χ1n) is 10.2. The molecule has 34 heavy (non-hydrogen) atoms. The lowest BCUT2D eigenvalue weighted by Gasteiger charge is -2.27. The highest BCUT2D eigenvalue weighted by atomic mass is 31.2. The Morgan fingerprint density at radius 2 is 0.794 bits per heavy atom. The minimum atomic E-state index is -4.96. The van der Waals surface area contributed by atoms with E-state index in [2.05, 4.69) is 0 Å². The Kier molecular flexibility index (Phi) is 6.41. The molecule has 0 aliphatic rings. The van der Waals surface area contributed by atoms with Crippen LogP contribution in [0.1, 0.15) is 11.1 Å². The van der Waals surface area contributed by atoms with E-state index >= 15 is 0 Å². The highest BCUT2D eigenvalue weighted by molar-refractivity contribution is 7.87. The third-order valence-corrected chi connectivity index (χ3v) is 8.89. The molecule has 4 rings (SSSR count). The van der Waals surface area contributed by atoms with Crippen molar-refractivity contribution in [2.75, 3.05) is 0 Å². The molecule has 0 bridgehead atoms. The van der Waals surface area contributed by atoms with E-state index in [1.54, 1.807) is 91.0 Å². The number of benzene rings is 4. The summed E-state index contributed by atoms with van der Waals surface area (Å²) in [7, 11) is -3.03. The van der Waals surface area contributed by atoms with Crippen LogP contribution in [0, 0.1) is 0 Å². The maximum Gasteiger partial charge on any atom is 0.416 e. The number of hydrogen-bond donors (Lipinski definition) is 0. The van der Waals surface area contributed by atoms with Gasteiger partial charge in [0.2, 0.25) is 0 Å². The molecule has 0 saturated carbocycles. The van der Waals surface area contributed by atoms with Gasteiger partial charge in [0, 0.05) is 15.9 Å². The summed E-state index contributed by atoms with van der Waals surface area (Å²) in [5, 5.41) is 2.12. The highest BCUT2D eigenvalue weighted by Crippen LogP contribution is 2.50. The number of hydrogen-bond acceptors (Lipinski definition) is 1. The lowest BCUT2D eigenvalue weighted by molar-refractivity contribution is -0.143. The van der Waals surface area contributed by atoms with Gasteiger partial charge in [-0.2, -0.15) is 26.3 Å². The number of halogens is 6. The van der Waals surface area contributed by atoms with Crippen LogP contribution in [-0.4, -0.2) is 0 Å². The normalized spacial score (nSPS) is 12.4. The quantitative estimate of drug-likeness (QED) is 0.208. The van der Waals surface area contributed by atoms with Crippen molar-refractivity contribution >= 4 is 28.7 Å². The van der Waals surface area contributed by atoms with Crippen molar-refractivity contribution in [3.63, 3.8) is 0 Å². The van der Waals surface area contributed by atoms with Gasteiger partial charge in [0.1, 0.15) is 0 Å².